The molecule has 0 aliphatic heterocycles. The number of benzene rings is 2. The van der Waals surface area contributed by atoms with E-state index >= 15 is 0 Å². The van der Waals surface area contributed by atoms with Gasteiger partial charge in [0.15, 0.2) is 0 Å². The second-order valence-corrected chi connectivity index (χ2v) is 5.08. The van der Waals surface area contributed by atoms with E-state index in [2.05, 4.69) is 21.2 Å². The molecule has 0 fully saturated rings. The molecule has 20 heavy (non-hydrogen) atoms. The van der Waals surface area contributed by atoms with Gasteiger partial charge in [-0.3, -0.25) is 0 Å². The molecule has 2 aromatic rings. The molecule has 0 atom stereocenters. The monoisotopic (exact) mass is 347 g/mol. The Morgan fingerprint density at radius 1 is 1.00 bits per heavy atom. The molecule has 0 aromatic heterocycles. The minimum Gasteiger partial charge on any atom is -0.380 e. The van der Waals surface area contributed by atoms with Gasteiger partial charge in [0.05, 0.1) is 5.56 Å². The minimum absolute atomic E-state index is 0.0174. The van der Waals surface area contributed by atoms with Gasteiger partial charge in [-0.15, -0.1) is 0 Å². The van der Waals surface area contributed by atoms with Crippen LogP contribution in [0.2, 0.25) is 0 Å². The lowest BCUT2D eigenvalue weighted by Gasteiger charge is -2.15. The van der Waals surface area contributed by atoms with Crippen LogP contribution in [0.25, 0.3) is 0 Å². The highest BCUT2D eigenvalue weighted by molar-refractivity contribution is 9.10. The summed E-state index contributed by atoms with van der Waals surface area (Å²) in [6, 6.07) is 9.29. The Hall–Kier alpha value is -1.56. The lowest BCUT2D eigenvalue weighted by Crippen LogP contribution is -2.10. The van der Waals surface area contributed by atoms with Gasteiger partial charge >= 0.3 is 6.18 Å². The summed E-state index contributed by atoms with van der Waals surface area (Å²) >= 11 is 3.14. The molecule has 0 heterocycles. The molecule has 0 unspecified atom stereocenters. The van der Waals surface area contributed by atoms with Crippen LogP contribution in [0.1, 0.15) is 11.1 Å². The Balaban J connectivity index is 2.20. The molecule has 1 nitrogen and oxygen atoms in total. The van der Waals surface area contributed by atoms with Crippen molar-refractivity contribution in [3.8, 4) is 0 Å². The fourth-order valence-electron chi connectivity index (χ4n) is 1.71. The summed E-state index contributed by atoms with van der Waals surface area (Å²) in [5, 5.41) is 2.72. The molecule has 0 aliphatic carbocycles. The van der Waals surface area contributed by atoms with Gasteiger partial charge in [-0.25, -0.2) is 4.39 Å². The number of alkyl halides is 3. The van der Waals surface area contributed by atoms with Gasteiger partial charge in [-0.05, 0) is 35.9 Å². The first kappa shape index (κ1) is 14.8. The number of rotatable bonds is 3. The van der Waals surface area contributed by atoms with Crippen LogP contribution < -0.4 is 5.32 Å². The predicted molar refractivity (Wildman–Crippen MR) is 72.9 cm³/mol. The van der Waals surface area contributed by atoms with E-state index in [1.165, 1.54) is 36.4 Å². The van der Waals surface area contributed by atoms with E-state index in [1.54, 1.807) is 0 Å². The lowest BCUT2D eigenvalue weighted by molar-refractivity contribution is -0.137. The van der Waals surface area contributed by atoms with Crippen molar-refractivity contribution in [2.75, 3.05) is 5.32 Å². The molecule has 0 amide bonds. The third-order valence-corrected chi connectivity index (χ3v) is 3.18. The van der Waals surface area contributed by atoms with Gasteiger partial charge in [-0.1, -0.05) is 28.1 Å². The van der Waals surface area contributed by atoms with Crippen LogP contribution in [0.5, 0.6) is 0 Å². The highest BCUT2D eigenvalue weighted by Gasteiger charge is 2.33. The van der Waals surface area contributed by atoms with Crippen molar-refractivity contribution in [1.82, 2.24) is 0 Å². The molecule has 6 heteroatoms. The topological polar surface area (TPSA) is 12.0 Å². The fraction of sp³-hybridized carbons (Fsp3) is 0.143. The standard InChI is InChI=1S/C14H10BrF4N/c15-10-3-6-12(14(17,18)19)13(7-10)20-8-9-1-4-11(16)5-2-9/h1-7,20H,8H2. The highest BCUT2D eigenvalue weighted by Crippen LogP contribution is 2.36. The third kappa shape index (κ3) is 3.72. The zero-order valence-corrected chi connectivity index (χ0v) is 11.7. The molecule has 0 spiro atoms. The number of hydrogen-bond donors (Lipinski definition) is 1. The normalized spacial score (nSPS) is 11.4. The third-order valence-electron chi connectivity index (χ3n) is 2.68. The van der Waals surface area contributed by atoms with Gasteiger partial charge in [0.25, 0.3) is 0 Å². The summed E-state index contributed by atoms with van der Waals surface area (Å²) < 4.78 is 51.9. The molecule has 0 saturated carbocycles. The fourth-order valence-corrected chi connectivity index (χ4v) is 2.07. The van der Waals surface area contributed by atoms with Crippen LogP contribution in [0.3, 0.4) is 0 Å². The molecule has 0 radical (unpaired) electrons. The molecule has 0 saturated heterocycles. The number of halogens is 5. The van der Waals surface area contributed by atoms with E-state index < -0.39 is 11.7 Å². The van der Waals surface area contributed by atoms with E-state index in [4.69, 9.17) is 0 Å². The van der Waals surface area contributed by atoms with Crippen molar-refractivity contribution in [1.29, 1.82) is 0 Å². The Morgan fingerprint density at radius 2 is 1.65 bits per heavy atom. The van der Waals surface area contributed by atoms with Crippen molar-refractivity contribution in [3.05, 3.63) is 63.9 Å². The van der Waals surface area contributed by atoms with Crippen molar-refractivity contribution >= 4 is 21.6 Å². The molecule has 0 bridgehead atoms. The van der Waals surface area contributed by atoms with Crippen LogP contribution in [0, 0.1) is 5.82 Å². The summed E-state index contributed by atoms with van der Waals surface area (Å²) in [5.41, 5.74) is -0.0569. The van der Waals surface area contributed by atoms with Crippen LogP contribution in [-0.2, 0) is 12.7 Å². The van der Waals surface area contributed by atoms with Crippen LogP contribution >= 0.6 is 15.9 Å². The first-order valence-corrected chi connectivity index (χ1v) is 6.50. The summed E-state index contributed by atoms with van der Waals surface area (Å²) in [6.07, 6.45) is -4.42. The Labute approximate surface area is 121 Å². The first-order valence-electron chi connectivity index (χ1n) is 5.71. The summed E-state index contributed by atoms with van der Waals surface area (Å²) in [7, 11) is 0. The summed E-state index contributed by atoms with van der Waals surface area (Å²) in [4.78, 5) is 0. The molecular weight excluding hydrogens is 338 g/mol. The van der Waals surface area contributed by atoms with E-state index in [1.807, 2.05) is 0 Å². The number of nitrogens with one attached hydrogen (secondary N) is 1. The summed E-state index contributed by atoms with van der Waals surface area (Å²) in [6.45, 7) is 0.180. The largest absolute Gasteiger partial charge is 0.418 e. The summed E-state index contributed by atoms with van der Waals surface area (Å²) in [5.74, 6) is -0.382. The minimum atomic E-state index is -4.42. The maximum Gasteiger partial charge on any atom is 0.418 e. The Bertz CT molecular complexity index is 593. The second-order valence-electron chi connectivity index (χ2n) is 4.17. The SMILES string of the molecule is Fc1ccc(CNc2cc(Br)ccc2C(F)(F)F)cc1. The van der Waals surface area contributed by atoms with Crippen molar-refractivity contribution < 1.29 is 17.6 Å². The predicted octanol–water partition coefficient (Wildman–Crippen LogP) is 5.22. The van der Waals surface area contributed by atoms with Gasteiger partial charge in [0.1, 0.15) is 5.82 Å². The molecule has 2 rings (SSSR count). The molecular formula is C14H10BrF4N. The number of anilines is 1. The van der Waals surface area contributed by atoms with Gasteiger partial charge in [0, 0.05) is 16.7 Å². The van der Waals surface area contributed by atoms with E-state index in [0.29, 0.717) is 10.0 Å². The van der Waals surface area contributed by atoms with E-state index in [-0.39, 0.29) is 18.0 Å². The quantitative estimate of drug-likeness (QED) is 0.750. The second kappa shape index (κ2) is 5.83. The van der Waals surface area contributed by atoms with Crippen molar-refractivity contribution in [3.63, 3.8) is 0 Å². The zero-order chi connectivity index (χ0) is 14.8. The molecule has 1 N–H and O–H groups in total. The smallest absolute Gasteiger partial charge is 0.380 e. The van der Waals surface area contributed by atoms with Crippen LogP contribution in [0.15, 0.2) is 46.9 Å². The molecule has 2 aromatic carbocycles. The number of hydrogen-bond acceptors (Lipinski definition) is 1. The highest BCUT2D eigenvalue weighted by atomic mass is 79.9. The van der Waals surface area contributed by atoms with Gasteiger partial charge in [-0.2, -0.15) is 13.2 Å². The Kier molecular flexibility index (Phi) is 4.32. The van der Waals surface area contributed by atoms with Crippen LogP contribution in [-0.4, -0.2) is 0 Å². The van der Waals surface area contributed by atoms with E-state index in [0.717, 1.165) is 6.07 Å². The molecule has 0 aliphatic rings. The lowest BCUT2D eigenvalue weighted by atomic mass is 10.1. The Morgan fingerprint density at radius 3 is 2.25 bits per heavy atom. The van der Waals surface area contributed by atoms with Gasteiger partial charge < -0.3 is 5.32 Å². The average Bonchev–Trinajstić information content (AvgIpc) is 2.36. The average molecular weight is 348 g/mol. The van der Waals surface area contributed by atoms with Gasteiger partial charge in [0.2, 0.25) is 0 Å². The first-order chi connectivity index (χ1) is 9.36. The van der Waals surface area contributed by atoms with E-state index in [9.17, 15) is 17.6 Å². The van der Waals surface area contributed by atoms with Crippen molar-refractivity contribution in [2.45, 2.75) is 12.7 Å². The van der Waals surface area contributed by atoms with Crippen LogP contribution in [0.4, 0.5) is 23.2 Å². The molecule has 106 valence electrons. The zero-order valence-electron chi connectivity index (χ0n) is 10.1. The maximum absolute atomic E-state index is 12.9. The maximum atomic E-state index is 12.9. The van der Waals surface area contributed by atoms with Crippen molar-refractivity contribution in [2.24, 2.45) is 0 Å².